The number of aromatic amines is 1. The Balaban J connectivity index is 1.86. The van der Waals surface area contributed by atoms with Crippen molar-refractivity contribution in [1.29, 1.82) is 0 Å². The van der Waals surface area contributed by atoms with Gasteiger partial charge in [0.2, 0.25) is 5.91 Å². The van der Waals surface area contributed by atoms with Crippen molar-refractivity contribution in [3.8, 4) is 11.4 Å². The van der Waals surface area contributed by atoms with E-state index in [2.05, 4.69) is 15.5 Å². The van der Waals surface area contributed by atoms with Crippen LogP contribution in [0.25, 0.3) is 11.4 Å². The van der Waals surface area contributed by atoms with Crippen molar-refractivity contribution in [3.63, 3.8) is 0 Å². The largest absolute Gasteiger partial charge is 0.322 e. The number of hydrogen-bond donors (Lipinski definition) is 2. The molecule has 0 aliphatic heterocycles. The van der Waals surface area contributed by atoms with Crippen LogP contribution in [0, 0.1) is 24.4 Å². The van der Waals surface area contributed by atoms with Gasteiger partial charge in [-0.2, -0.15) is 5.10 Å². The number of anilines is 1. The van der Waals surface area contributed by atoms with Gasteiger partial charge < -0.3 is 5.32 Å². The molecule has 3 rings (SSSR count). The molecule has 0 aliphatic carbocycles. The fourth-order valence-electron chi connectivity index (χ4n) is 2.54. The minimum Gasteiger partial charge on any atom is -0.322 e. The number of rotatable bonds is 4. The minimum absolute atomic E-state index is 0.0635. The number of aromatic nitrogens is 3. The molecule has 0 radical (unpaired) electrons. The third kappa shape index (κ3) is 3.83. The quantitative estimate of drug-likeness (QED) is 0.695. The smallest absolute Gasteiger partial charge is 0.244 e. The molecule has 0 fully saturated rings. The van der Waals surface area contributed by atoms with Crippen LogP contribution in [0.2, 0.25) is 0 Å². The minimum atomic E-state index is -0.478. The summed E-state index contributed by atoms with van der Waals surface area (Å²) in [6, 6.07) is 12.3. The molecule has 1 amide bonds. The predicted octanol–water partition coefficient (Wildman–Crippen LogP) is 4.00. The van der Waals surface area contributed by atoms with Crippen LogP contribution in [0.3, 0.4) is 0 Å². The van der Waals surface area contributed by atoms with Crippen LogP contribution in [-0.2, 0) is 11.3 Å². The maximum atomic E-state index is 13.8. The second-order valence-electron chi connectivity index (χ2n) is 5.84. The summed E-state index contributed by atoms with van der Waals surface area (Å²) in [5.41, 5.74) is 2.93. The molecule has 1 aromatic heterocycles. The van der Waals surface area contributed by atoms with Crippen molar-refractivity contribution in [2.24, 2.45) is 0 Å². The lowest BCUT2D eigenvalue weighted by Crippen LogP contribution is -2.20. The van der Waals surface area contributed by atoms with E-state index in [1.807, 2.05) is 38.1 Å². The third-order valence-electron chi connectivity index (χ3n) is 3.73. The Morgan fingerprint density at radius 3 is 2.76 bits per heavy atom. The summed E-state index contributed by atoms with van der Waals surface area (Å²) >= 11 is 5.23. The van der Waals surface area contributed by atoms with E-state index in [1.165, 1.54) is 6.07 Å². The first-order chi connectivity index (χ1) is 11.9. The lowest BCUT2D eigenvalue weighted by Gasteiger charge is -2.10. The molecule has 3 aromatic rings. The highest BCUT2D eigenvalue weighted by Crippen LogP contribution is 2.19. The number of carbonyl (C=O) groups excluding carboxylic acids is 1. The average Bonchev–Trinajstić information content (AvgIpc) is 2.92. The molecular weight excluding hydrogens is 339 g/mol. The lowest BCUT2D eigenvalue weighted by atomic mass is 10.1. The Morgan fingerprint density at radius 2 is 2.00 bits per heavy atom. The molecule has 0 unspecified atom stereocenters. The number of hydrogen-bond acceptors (Lipinski definition) is 3. The zero-order chi connectivity index (χ0) is 18.0. The predicted molar refractivity (Wildman–Crippen MR) is 97.4 cm³/mol. The summed E-state index contributed by atoms with van der Waals surface area (Å²) in [7, 11) is 0. The lowest BCUT2D eigenvalue weighted by molar-refractivity contribution is -0.116. The molecule has 128 valence electrons. The summed E-state index contributed by atoms with van der Waals surface area (Å²) in [6.07, 6.45) is 0. The fourth-order valence-corrected chi connectivity index (χ4v) is 2.73. The third-order valence-corrected chi connectivity index (χ3v) is 4.04. The number of amides is 1. The van der Waals surface area contributed by atoms with E-state index in [-0.39, 0.29) is 18.1 Å². The second kappa shape index (κ2) is 6.98. The van der Waals surface area contributed by atoms with Gasteiger partial charge in [-0.3, -0.25) is 14.5 Å². The Morgan fingerprint density at radius 1 is 1.24 bits per heavy atom. The van der Waals surface area contributed by atoms with Crippen LogP contribution < -0.4 is 5.32 Å². The Kier molecular flexibility index (Phi) is 4.76. The van der Waals surface area contributed by atoms with E-state index in [4.69, 9.17) is 12.2 Å². The maximum absolute atomic E-state index is 13.8. The number of benzene rings is 2. The van der Waals surface area contributed by atoms with Crippen LogP contribution >= 0.6 is 12.2 Å². The molecule has 1 heterocycles. The molecule has 5 nitrogen and oxygen atoms in total. The van der Waals surface area contributed by atoms with Crippen molar-refractivity contribution < 1.29 is 9.18 Å². The van der Waals surface area contributed by atoms with Gasteiger partial charge in [0.15, 0.2) is 10.6 Å². The van der Waals surface area contributed by atoms with Crippen molar-refractivity contribution in [2.75, 3.05) is 5.32 Å². The molecule has 7 heteroatoms. The first-order valence-electron chi connectivity index (χ1n) is 7.72. The van der Waals surface area contributed by atoms with Gasteiger partial charge >= 0.3 is 0 Å². The summed E-state index contributed by atoms with van der Waals surface area (Å²) < 4.78 is 15.7. The standard InChI is InChI=1S/C18H17FN4OS/c1-11-4-3-5-13(8-11)17-21-22-18(25)23(17)10-16(24)20-15-9-12(2)6-7-14(15)19/h3-9H,10H2,1-2H3,(H,20,24)(H,22,25). The fraction of sp³-hybridized carbons (Fsp3) is 0.167. The number of nitrogens with one attached hydrogen (secondary N) is 2. The van der Waals surface area contributed by atoms with Gasteiger partial charge in [0.25, 0.3) is 0 Å². The number of aryl methyl sites for hydroxylation is 2. The van der Waals surface area contributed by atoms with Gasteiger partial charge in [-0.1, -0.05) is 29.8 Å². The van der Waals surface area contributed by atoms with Crippen LogP contribution in [0.4, 0.5) is 10.1 Å². The molecule has 0 bridgehead atoms. The van der Waals surface area contributed by atoms with Crippen molar-refractivity contribution >= 4 is 23.8 Å². The van der Waals surface area contributed by atoms with E-state index in [0.29, 0.717) is 10.6 Å². The van der Waals surface area contributed by atoms with E-state index in [9.17, 15) is 9.18 Å². The molecule has 0 saturated carbocycles. The van der Waals surface area contributed by atoms with Crippen LogP contribution in [0.15, 0.2) is 42.5 Å². The van der Waals surface area contributed by atoms with E-state index >= 15 is 0 Å². The summed E-state index contributed by atoms with van der Waals surface area (Å²) in [5, 5.41) is 9.50. The highest BCUT2D eigenvalue weighted by molar-refractivity contribution is 7.71. The van der Waals surface area contributed by atoms with Crippen molar-refractivity contribution in [2.45, 2.75) is 20.4 Å². The van der Waals surface area contributed by atoms with Gasteiger partial charge in [-0.05, 0) is 49.8 Å². The van der Waals surface area contributed by atoms with Crippen LogP contribution in [0.1, 0.15) is 11.1 Å². The topological polar surface area (TPSA) is 62.7 Å². The van der Waals surface area contributed by atoms with E-state index in [1.54, 1.807) is 16.7 Å². The average molecular weight is 356 g/mol. The molecule has 2 N–H and O–H groups in total. The Labute approximate surface area is 149 Å². The highest BCUT2D eigenvalue weighted by Gasteiger charge is 2.14. The van der Waals surface area contributed by atoms with Crippen LogP contribution in [0.5, 0.6) is 0 Å². The molecular formula is C18H17FN4OS. The molecule has 0 saturated heterocycles. The summed E-state index contributed by atoms with van der Waals surface area (Å²) in [4.78, 5) is 12.4. The first kappa shape index (κ1) is 17.0. The molecule has 0 spiro atoms. The zero-order valence-corrected chi connectivity index (χ0v) is 14.7. The molecule has 0 aliphatic rings. The van der Waals surface area contributed by atoms with Crippen LogP contribution in [-0.4, -0.2) is 20.7 Å². The number of nitrogens with zero attached hydrogens (tertiary/aromatic N) is 2. The zero-order valence-electron chi connectivity index (χ0n) is 13.8. The Hall–Kier alpha value is -2.80. The SMILES string of the molecule is Cc1cccc(-c2n[nH]c(=S)n2CC(=O)Nc2cc(C)ccc2F)c1. The monoisotopic (exact) mass is 356 g/mol. The van der Waals surface area contributed by atoms with Gasteiger partial charge in [-0.15, -0.1) is 0 Å². The number of carbonyl (C=O) groups is 1. The van der Waals surface area contributed by atoms with Gasteiger partial charge in [-0.25, -0.2) is 4.39 Å². The Bertz CT molecular complexity index is 993. The highest BCUT2D eigenvalue weighted by atomic mass is 32.1. The van der Waals surface area contributed by atoms with E-state index < -0.39 is 5.82 Å². The van der Waals surface area contributed by atoms with Crippen molar-refractivity contribution in [3.05, 3.63) is 64.2 Å². The first-order valence-corrected chi connectivity index (χ1v) is 8.13. The summed E-state index contributed by atoms with van der Waals surface area (Å²) in [5.74, 6) is -0.293. The van der Waals surface area contributed by atoms with Crippen molar-refractivity contribution in [1.82, 2.24) is 14.8 Å². The molecule has 25 heavy (non-hydrogen) atoms. The molecule has 0 atom stereocenters. The van der Waals surface area contributed by atoms with Gasteiger partial charge in [0.1, 0.15) is 12.4 Å². The normalized spacial score (nSPS) is 10.7. The van der Waals surface area contributed by atoms with Gasteiger partial charge in [0, 0.05) is 5.56 Å². The maximum Gasteiger partial charge on any atom is 0.244 e. The number of halogens is 1. The summed E-state index contributed by atoms with van der Waals surface area (Å²) in [6.45, 7) is 3.74. The van der Waals surface area contributed by atoms with E-state index in [0.717, 1.165) is 16.7 Å². The molecule has 2 aromatic carbocycles. The second-order valence-corrected chi connectivity index (χ2v) is 6.23. The van der Waals surface area contributed by atoms with Gasteiger partial charge in [0.05, 0.1) is 5.69 Å². The number of H-pyrrole nitrogens is 1.